The number of benzene rings is 1. The first-order chi connectivity index (χ1) is 5.18. The van der Waals surface area contributed by atoms with Gasteiger partial charge in [0.25, 0.3) is 0 Å². The van der Waals surface area contributed by atoms with E-state index in [0.717, 1.165) is 17.1 Å². The SMILES string of the molecule is CN(N)Cc1cccc(Cl)c1. The molecule has 1 aromatic rings. The Kier molecular flexibility index (Phi) is 2.88. The van der Waals surface area contributed by atoms with Gasteiger partial charge in [-0.2, -0.15) is 0 Å². The van der Waals surface area contributed by atoms with Crippen LogP contribution in [0.25, 0.3) is 0 Å². The Balaban J connectivity index is 2.71. The maximum Gasteiger partial charge on any atom is 0.0409 e. The molecule has 60 valence electrons. The molecule has 0 bridgehead atoms. The van der Waals surface area contributed by atoms with E-state index in [9.17, 15) is 0 Å². The van der Waals surface area contributed by atoms with Crippen LogP contribution in [-0.4, -0.2) is 12.1 Å². The van der Waals surface area contributed by atoms with Crippen molar-refractivity contribution in [3.8, 4) is 0 Å². The average Bonchev–Trinajstić information content (AvgIpc) is 1.85. The molecule has 0 radical (unpaired) electrons. The molecule has 0 saturated heterocycles. The van der Waals surface area contributed by atoms with Crippen LogP contribution < -0.4 is 5.84 Å². The van der Waals surface area contributed by atoms with E-state index in [2.05, 4.69) is 0 Å². The molecule has 0 fully saturated rings. The summed E-state index contributed by atoms with van der Waals surface area (Å²) in [5.41, 5.74) is 1.13. The molecule has 11 heavy (non-hydrogen) atoms. The lowest BCUT2D eigenvalue weighted by molar-refractivity contribution is 0.341. The van der Waals surface area contributed by atoms with Crippen molar-refractivity contribution < 1.29 is 0 Å². The van der Waals surface area contributed by atoms with Crippen molar-refractivity contribution in [2.24, 2.45) is 5.84 Å². The zero-order valence-corrected chi connectivity index (χ0v) is 7.17. The summed E-state index contributed by atoms with van der Waals surface area (Å²) in [5, 5.41) is 2.37. The van der Waals surface area contributed by atoms with E-state index < -0.39 is 0 Å². The van der Waals surface area contributed by atoms with Crippen LogP contribution in [-0.2, 0) is 6.54 Å². The van der Waals surface area contributed by atoms with Crippen molar-refractivity contribution in [3.63, 3.8) is 0 Å². The fourth-order valence-electron chi connectivity index (χ4n) is 0.923. The Hall–Kier alpha value is -0.570. The van der Waals surface area contributed by atoms with Crippen molar-refractivity contribution in [2.45, 2.75) is 6.54 Å². The third-order valence-electron chi connectivity index (χ3n) is 1.32. The van der Waals surface area contributed by atoms with Gasteiger partial charge in [0.15, 0.2) is 0 Å². The van der Waals surface area contributed by atoms with Gasteiger partial charge in [-0.3, -0.25) is 5.84 Å². The van der Waals surface area contributed by atoms with E-state index in [1.807, 2.05) is 31.3 Å². The first kappa shape index (κ1) is 8.53. The van der Waals surface area contributed by atoms with Crippen LogP contribution in [0, 0.1) is 0 Å². The lowest BCUT2D eigenvalue weighted by Gasteiger charge is -2.08. The highest BCUT2D eigenvalue weighted by Gasteiger charge is 1.94. The summed E-state index contributed by atoms with van der Waals surface area (Å²) < 4.78 is 0. The van der Waals surface area contributed by atoms with Gasteiger partial charge in [0.2, 0.25) is 0 Å². The molecule has 0 aromatic heterocycles. The maximum atomic E-state index is 5.77. The topological polar surface area (TPSA) is 29.3 Å². The van der Waals surface area contributed by atoms with Gasteiger partial charge in [-0.15, -0.1) is 0 Å². The van der Waals surface area contributed by atoms with Gasteiger partial charge < -0.3 is 0 Å². The summed E-state index contributed by atoms with van der Waals surface area (Å²) in [6.07, 6.45) is 0. The van der Waals surface area contributed by atoms with E-state index in [-0.39, 0.29) is 0 Å². The molecule has 0 spiro atoms. The Morgan fingerprint density at radius 2 is 2.27 bits per heavy atom. The largest absolute Gasteiger partial charge is 0.269 e. The Morgan fingerprint density at radius 3 is 2.82 bits per heavy atom. The zero-order chi connectivity index (χ0) is 8.27. The summed E-state index contributed by atoms with van der Waals surface area (Å²) in [6.45, 7) is 0.723. The van der Waals surface area contributed by atoms with Crippen LogP contribution in [0.2, 0.25) is 5.02 Å². The maximum absolute atomic E-state index is 5.77. The fourth-order valence-corrected chi connectivity index (χ4v) is 1.14. The predicted molar refractivity (Wildman–Crippen MR) is 47.1 cm³/mol. The predicted octanol–water partition coefficient (Wildman–Crippen LogP) is 1.65. The van der Waals surface area contributed by atoms with Crippen LogP contribution in [0.15, 0.2) is 24.3 Å². The van der Waals surface area contributed by atoms with E-state index in [1.165, 1.54) is 0 Å². The monoisotopic (exact) mass is 170 g/mol. The van der Waals surface area contributed by atoms with Crippen LogP contribution >= 0.6 is 11.6 Å². The highest BCUT2D eigenvalue weighted by Crippen LogP contribution is 2.10. The zero-order valence-electron chi connectivity index (χ0n) is 6.42. The number of hydrogen-bond donors (Lipinski definition) is 1. The van der Waals surface area contributed by atoms with Gasteiger partial charge in [-0.25, -0.2) is 5.01 Å². The van der Waals surface area contributed by atoms with Crippen LogP contribution in [0.3, 0.4) is 0 Å². The summed E-state index contributed by atoms with van der Waals surface area (Å²) in [4.78, 5) is 0. The highest BCUT2D eigenvalue weighted by atomic mass is 35.5. The quantitative estimate of drug-likeness (QED) is 0.540. The summed E-state index contributed by atoms with van der Waals surface area (Å²) in [6, 6.07) is 7.67. The molecule has 3 heteroatoms. The standard InChI is InChI=1S/C8H11ClN2/c1-11(10)6-7-3-2-4-8(9)5-7/h2-5H,6,10H2,1H3. The van der Waals surface area contributed by atoms with Crippen LogP contribution in [0.4, 0.5) is 0 Å². The van der Waals surface area contributed by atoms with Crippen molar-refractivity contribution in [3.05, 3.63) is 34.9 Å². The van der Waals surface area contributed by atoms with Crippen molar-refractivity contribution >= 4 is 11.6 Å². The first-order valence-corrected chi connectivity index (χ1v) is 3.76. The van der Waals surface area contributed by atoms with Gasteiger partial charge in [0, 0.05) is 18.6 Å². The Bertz CT molecular complexity index is 235. The lowest BCUT2D eigenvalue weighted by atomic mass is 10.2. The second kappa shape index (κ2) is 3.72. The molecule has 0 amide bonds. The van der Waals surface area contributed by atoms with Gasteiger partial charge >= 0.3 is 0 Å². The molecular weight excluding hydrogens is 160 g/mol. The lowest BCUT2D eigenvalue weighted by Crippen LogP contribution is -2.24. The van der Waals surface area contributed by atoms with E-state index in [1.54, 1.807) is 5.01 Å². The van der Waals surface area contributed by atoms with Crippen molar-refractivity contribution in [2.75, 3.05) is 7.05 Å². The van der Waals surface area contributed by atoms with E-state index in [4.69, 9.17) is 17.4 Å². The summed E-state index contributed by atoms with van der Waals surface area (Å²) in [7, 11) is 1.82. The molecule has 1 aromatic carbocycles. The number of hydrazine groups is 1. The number of hydrogen-bond acceptors (Lipinski definition) is 2. The van der Waals surface area contributed by atoms with Gasteiger partial charge in [-0.1, -0.05) is 23.7 Å². The second-order valence-corrected chi connectivity index (χ2v) is 2.98. The van der Waals surface area contributed by atoms with Crippen LogP contribution in [0.1, 0.15) is 5.56 Å². The molecule has 0 atom stereocenters. The molecule has 0 aliphatic carbocycles. The van der Waals surface area contributed by atoms with Crippen LogP contribution in [0.5, 0.6) is 0 Å². The molecule has 0 saturated carbocycles. The van der Waals surface area contributed by atoms with Crippen molar-refractivity contribution in [1.29, 1.82) is 0 Å². The van der Waals surface area contributed by atoms with Gasteiger partial charge in [-0.05, 0) is 17.7 Å². The second-order valence-electron chi connectivity index (χ2n) is 2.55. The molecule has 0 aliphatic heterocycles. The minimum absolute atomic E-state index is 0.723. The Labute approximate surface area is 71.5 Å². The number of halogens is 1. The molecular formula is C8H11ClN2. The minimum Gasteiger partial charge on any atom is -0.269 e. The summed E-state index contributed by atoms with van der Waals surface area (Å²) in [5.74, 6) is 5.46. The smallest absolute Gasteiger partial charge is 0.0409 e. The molecule has 2 N–H and O–H groups in total. The fraction of sp³-hybridized carbons (Fsp3) is 0.250. The third-order valence-corrected chi connectivity index (χ3v) is 1.56. The molecule has 0 heterocycles. The normalized spacial score (nSPS) is 10.5. The first-order valence-electron chi connectivity index (χ1n) is 3.39. The Morgan fingerprint density at radius 1 is 1.55 bits per heavy atom. The number of nitrogens with zero attached hydrogens (tertiary/aromatic N) is 1. The third kappa shape index (κ3) is 2.89. The van der Waals surface area contributed by atoms with Gasteiger partial charge in [0.05, 0.1) is 0 Å². The van der Waals surface area contributed by atoms with E-state index >= 15 is 0 Å². The number of nitrogens with two attached hydrogens (primary N) is 1. The van der Waals surface area contributed by atoms with Crippen molar-refractivity contribution in [1.82, 2.24) is 5.01 Å². The molecule has 0 aliphatic rings. The highest BCUT2D eigenvalue weighted by molar-refractivity contribution is 6.30. The minimum atomic E-state index is 0.723. The van der Waals surface area contributed by atoms with Gasteiger partial charge in [0.1, 0.15) is 0 Å². The average molecular weight is 171 g/mol. The summed E-state index contributed by atoms with van der Waals surface area (Å²) >= 11 is 5.77. The number of rotatable bonds is 2. The molecule has 0 unspecified atom stereocenters. The van der Waals surface area contributed by atoms with E-state index in [0.29, 0.717) is 0 Å². The molecule has 2 nitrogen and oxygen atoms in total. The molecule has 1 rings (SSSR count).